The summed E-state index contributed by atoms with van der Waals surface area (Å²) in [6, 6.07) is 0. The molecule has 6 nitrogen and oxygen atoms in total. The maximum Gasteiger partial charge on any atom is 0.205 e. The van der Waals surface area contributed by atoms with Crippen LogP contribution < -0.4 is 0 Å². The van der Waals surface area contributed by atoms with Gasteiger partial charge in [0, 0.05) is 24.8 Å². The maximum absolute atomic E-state index is 11.5. The first kappa shape index (κ1) is 9.32. The number of aromatic nitrogens is 4. The van der Waals surface area contributed by atoms with Gasteiger partial charge in [0.2, 0.25) is 11.6 Å². The predicted molar refractivity (Wildman–Crippen MR) is 50.5 cm³/mol. The van der Waals surface area contributed by atoms with Crippen molar-refractivity contribution < 1.29 is 9.59 Å². The van der Waals surface area contributed by atoms with E-state index in [0.29, 0.717) is 0 Å². The minimum Gasteiger partial charge on any atom is -0.342 e. The molecule has 0 aliphatic heterocycles. The molecule has 2 aromatic heterocycles. The van der Waals surface area contributed by atoms with Crippen molar-refractivity contribution in [2.45, 2.75) is 6.42 Å². The van der Waals surface area contributed by atoms with Gasteiger partial charge in [-0.05, 0) is 0 Å². The summed E-state index contributed by atoms with van der Waals surface area (Å²) in [6.45, 7) is 0. The molecule has 0 spiro atoms. The largest absolute Gasteiger partial charge is 0.342 e. The molecule has 0 aromatic carbocycles. The van der Waals surface area contributed by atoms with Gasteiger partial charge in [-0.15, -0.1) is 0 Å². The van der Waals surface area contributed by atoms with Crippen LogP contribution >= 0.6 is 0 Å². The standard InChI is InChI=1S/C9H8N4O2/c14-6(8-10-1-2-11-8)5-7(15)9-12-3-4-13-9/h1-4H,5H2,(H,10,11)(H,12,13). The van der Waals surface area contributed by atoms with Gasteiger partial charge in [-0.2, -0.15) is 0 Å². The Labute approximate surface area is 84.8 Å². The zero-order chi connectivity index (χ0) is 10.7. The molecule has 6 heteroatoms. The Morgan fingerprint density at radius 2 is 1.47 bits per heavy atom. The molecule has 0 atom stereocenters. The van der Waals surface area contributed by atoms with Crippen molar-refractivity contribution in [2.75, 3.05) is 0 Å². The monoisotopic (exact) mass is 204 g/mol. The molecule has 0 amide bonds. The normalized spacial score (nSPS) is 10.1. The van der Waals surface area contributed by atoms with Crippen molar-refractivity contribution >= 4 is 11.6 Å². The molecule has 0 saturated heterocycles. The number of H-pyrrole nitrogens is 2. The van der Waals surface area contributed by atoms with Crippen molar-refractivity contribution in [2.24, 2.45) is 0 Å². The fourth-order valence-electron chi connectivity index (χ4n) is 1.15. The number of hydrogen-bond donors (Lipinski definition) is 2. The zero-order valence-corrected chi connectivity index (χ0v) is 7.73. The van der Waals surface area contributed by atoms with Crippen LogP contribution in [0.4, 0.5) is 0 Å². The summed E-state index contributed by atoms with van der Waals surface area (Å²) in [5.74, 6) is -0.312. The Morgan fingerprint density at radius 3 is 1.80 bits per heavy atom. The first-order valence-electron chi connectivity index (χ1n) is 4.32. The molecule has 0 unspecified atom stereocenters. The van der Waals surface area contributed by atoms with E-state index in [4.69, 9.17) is 0 Å². The van der Waals surface area contributed by atoms with Crippen molar-refractivity contribution in [3.8, 4) is 0 Å². The molecule has 0 fully saturated rings. The highest BCUT2D eigenvalue weighted by atomic mass is 16.1. The van der Waals surface area contributed by atoms with Crippen molar-refractivity contribution in [1.82, 2.24) is 19.9 Å². The Hall–Kier alpha value is -2.24. The highest BCUT2D eigenvalue weighted by Gasteiger charge is 2.16. The van der Waals surface area contributed by atoms with Gasteiger partial charge in [0.15, 0.2) is 11.6 Å². The van der Waals surface area contributed by atoms with Crippen LogP contribution in [0.1, 0.15) is 27.7 Å². The highest BCUT2D eigenvalue weighted by Crippen LogP contribution is 2.01. The maximum atomic E-state index is 11.5. The topological polar surface area (TPSA) is 91.5 Å². The molecule has 2 rings (SSSR count). The van der Waals surface area contributed by atoms with Crippen LogP contribution in [0.5, 0.6) is 0 Å². The van der Waals surface area contributed by atoms with Crippen LogP contribution in [0, 0.1) is 0 Å². The molecule has 0 bridgehead atoms. The third kappa shape index (κ3) is 1.98. The molecule has 0 saturated carbocycles. The fraction of sp³-hybridized carbons (Fsp3) is 0.111. The van der Waals surface area contributed by atoms with Gasteiger partial charge < -0.3 is 9.97 Å². The summed E-state index contributed by atoms with van der Waals surface area (Å²) in [4.78, 5) is 35.7. The number of rotatable bonds is 4. The van der Waals surface area contributed by atoms with Crippen molar-refractivity contribution in [3.05, 3.63) is 36.4 Å². The molecule has 0 radical (unpaired) electrons. The molecular weight excluding hydrogens is 196 g/mol. The summed E-state index contributed by atoms with van der Waals surface area (Å²) in [5.41, 5.74) is 0. The number of aromatic amines is 2. The summed E-state index contributed by atoms with van der Waals surface area (Å²) in [5, 5.41) is 0. The van der Waals surface area contributed by atoms with E-state index in [1.54, 1.807) is 0 Å². The lowest BCUT2D eigenvalue weighted by molar-refractivity contribution is 0.0883. The number of ketones is 2. The number of carbonyl (C=O) groups excluding carboxylic acids is 2. The van der Waals surface area contributed by atoms with Gasteiger partial charge in [0.1, 0.15) is 0 Å². The van der Waals surface area contributed by atoms with Gasteiger partial charge >= 0.3 is 0 Å². The SMILES string of the molecule is O=C(CC(=O)c1ncc[nH]1)c1ncc[nH]1. The fourth-order valence-corrected chi connectivity index (χ4v) is 1.15. The van der Waals surface area contributed by atoms with Crippen molar-refractivity contribution in [1.29, 1.82) is 0 Å². The van der Waals surface area contributed by atoms with Crippen LogP contribution in [-0.4, -0.2) is 31.5 Å². The van der Waals surface area contributed by atoms with Gasteiger partial charge in [-0.25, -0.2) is 9.97 Å². The summed E-state index contributed by atoms with van der Waals surface area (Å²) < 4.78 is 0. The zero-order valence-electron chi connectivity index (χ0n) is 7.73. The van der Waals surface area contributed by atoms with Crippen LogP contribution in [-0.2, 0) is 0 Å². The number of imidazole rings is 2. The van der Waals surface area contributed by atoms with Crippen LogP contribution in [0.2, 0.25) is 0 Å². The van der Waals surface area contributed by atoms with Crippen molar-refractivity contribution in [3.63, 3.8) is 0 Å². The lowest BCUT2D eigenvalue weighted by Crippen LogP contribution is -2.11. The molecule has 15 heavy (non-hydrogen) atoms. The van der Waals surface area contributed by atoms with E-state index in [2.05, 4.69) is 19.9 Å². The van der Waals surface area contributed by atoms with E-state index in [1.165, 1.54) is 24.8 Å². The number of Topliss-reactive ketones (excluding diaryl/α,β-unsaturated/α-hetero) is 2. The molecule has 0 aliphatic carbocycles. The third-order valence-electron chi connectivity index (χ3n) is 1.85. The smallest absolute Gasteiger partial charge is 0.205 e. The summed E-state index contributed by atoms with van der Waals surface area (Å²) in [7, 11) is 0. The lowest BCUT2D eigenvalue weighted by atomic mass is 10.2. The number of nitrogens with zero attached hydrogens (tertiary/aromatic N) is 2. The van der Waals surface area contributed by atoms with Gasteiger partial charge in [-0.1, -0.05) is 0 Å². The van der Waals surface area contributed by atoms with Crippen LogP contribution in [0.25, 0.3) is 0 Å². The quantitative estimate of drug-likeness (QED) is 0.563. The second-order valence-electron chi connectivity index (χ2n) is 2.90. The van der Waals surface area contributed by atoms with Gasteiger partial charge in [-0.3, -0.25) is 9.59 Å². The summed E-state index contributed by atoms with van der Waals surface area (Å²) in [6.07, 6.45) is 5.76. The summed E-state index contributed by atoms with van der Waals surface area (Å²) >= 11 is 0. The molecule has 2 heterocycles. The first-order chi connectivity index (χ1) is 7.27. The number of carbonyl (C=O) groups is 2. The van der Waals surface area contributed by atoms with E-state index in [0.717, 1.165) is 0 Å². The Balaban J connectivity index is 2.04. The van der Waals surface area contributed by atoms with E-state index >= 15 is 0 Å². The van der Waals surface area contributed by atoms with E-state index < -0.39 is 0 Å². The minimum atomic E-state index is -0.346. The Morgan fingerprint density at radius 1 is 1.00 bits per heavy atom. The lowest BCUT2D eigenvalue weighted by Gasteiger charge is -1.94. The number of hydrogen-bond acceptors (Lipinski definition) is 4. The Bertz CT molecular complexity index is 414. The minimum absolute atomic E-state index is 0.190. The number of nitrogens with one attached hydrogen (secondary N) is 2. The van der Waals surface area contributed by atoms with E-state index in [1.807, 2.05) is 0 Å². The first-order valence-corrected chi connectivity index (χ1v) is 4.32. The molecular formula is C9H8N4O2. The predicted octanol–water partition coefficient (Wildman–Crippen LogP) is 0.588. The van der Waals surface area contributed by atoms with Crippen LogP contribution in [0.3, 0.4) is 0 Å². The highest BCUT2D eigenvalue weighted by molar-refractivity contribution is 6.10. The average molecular weight is 204 g/mol. The van der Waals surface area contributed by atoms with Gasteiger partial charge in [0.25, 0.3) is 0 Å². The second-order valence-corrected chi connectivity index (χ2v) is 2.90. The second kappa shape index (κ2) is 3.87. The average Bonchev–Trinajstić information content (AvgIpc) is 2.91. The van der Waals surface area contributed by atoms with Gasteiger partial charge in [0.05, 0.1) is 6.42 Å². The third-order valence-corrected chi connectivity index (χ3v) is 1.85. The molecule has 2 N–H and O–H groups in total. The van der Waals surface area contributed by atoms with Crippen LogP contribution in [0.15, 0.2) is 24.8 Å². The molecule has 0 aliphatic rings. The molecule has 76 valence electrons. The van der Waals surface area contributed by atoms with E-state index in [9.17, 15) is 9.59 Å². The molecule has 2 aromatic rings. The van der Waals surface area contributed by atoms with E-state index in [-0.39, 0.29) is 29.6 Å². The Kier molecular flexibility index (Phi) is 2.40.